The molecule has 3 heterocycles. The van der Waals surface area contributed by atoms with Gasteiger partial charge < -0.3 is 19.1 Å². The topological polar surface area (TPSA) is 89.6 Å². The van der Waals surface area contributed by atoms with Crippen LogP contribution in [0.3, 0.4) is 0 Å². The van der Waals surface area contributed by atoms with Crippen LogP contribution in [-0.2, 0) is 11.8 Å². The van der Waals surface area contributed by atoms with Crippen LogP contribution in [0.15, 0.2) is 45.5 Å². The summed E-state index contributed by atoms with van der Waals surface area (Å²) in [6.07, 6.45) is 2.53. The fourth-order valence-corrected chi connectivity index (χ4v) is 4.19. The van der Waals surface area contributed by atoms with Gasteiger partial charge >= 0.3 is 0 Å². The van der Waals surface area contributed by atoms with Gasteiger partial charge in [-0.2, -0.15) is 0 Å². The van der Waals surface area contributed by atoms with Crippen molar-refractivity contribution in [3.05, 3.63) is 63.6 Å². The molecule has 1 fully saturated rings. The van der Waals surface area contributed by atoms with Gasteiger partial charge in [0.2, 0.25) is 0 Å². The van der Waals surface area contributed by atoms with Crippen molar-refractivity contribution in [2.45, 2.75) is 13.3 Å². The van der Waals surface area contributed by atoms with E-state index in [2.05, 4.69) is 31.3 Å². The van der Waals surface area contributed by atoms with E-state index in [1.807, 2.05) is 24.3 Å². The number of amides is 1. The number of hydrogen-bond acceptors (Lipinski definition) is 6. The van der Waals surface area contributed by atoms with Crippen LogP contribution in [0.1, 0.15) is 38.6 Å². The third kappa shape index (κ3) is 5.43. The maximum absolute atomic E-state index is 13.3. The zero-order chi connectivity index (χ0) is 23.4. The zero-order valence-electron chi connectivity index (χ0n) is 18.8. The van der Waals surface area contributed by atoms with Crippen molar-refractivity contribution < 1.29 is 18.8 Å². The highest BCUT2D eigenvalue weighted by atomic mass is 79.9. The largest absolute Gasteiger partial charge is 0.379 e. The number of morpholine rings is 1. The molecular weight excluding hydrogens is 488 g/mol. The maximum atomic E-state index is 13.3. The van der Waals surface area contributed by atoms with Gasteiger partial charge in [0.15, 0.2) is 5.78 Å². The second-order valence-corrected chi connectivity index (χ2v) is 9.00. The van der Waals surface area contributed by atoms with Crippen LogP contribution < -0.4 is 5.32 Å². The van der Waals surface area contributed by atoms with Crippen molar-refractivity contribution in [2.75, 3.05) is 39.4 Å². The van der Waals surface area contributed by atoms with Crippen molar-refractivity contribution in [1.29, 1.82) is 0 Å². The second-order valence-electron chi connectivity index (χ2n) is 8.09. The number of aromatic nitrogens is 2. The molecule has 4 rings (SSSR count). The van der Waals surface area contributed by atoms with Crippen LogP contribution >= 0.6 is 15.9 Å². The number of nitrogens with zero attached hydrogens (tertiary/aromatic N) is 3. The standard InChI is InChI=1S/C24H27BrN4O4/c1-16-21(22(27-33-16)17-4-6-19(25)7-5-17)23(30)18-14-20(28(2)15-18)24(31)26-8-3-9-29-10-12-32-13-11-29/h4-7,14-15H,3,8-13H2,1-2H3,(H,26,31). The molecule has 1 aliphatic heterocycles. The monoisotopic (exact) mass is 514 g/mol. The molecule has 1 amide bonds. The Balaban J connectivity index is 1.43. The summed E-state index contributed by atoms with van der Waals surface area (Å²) in [5.41, 5.74) is 2.53. The highest BCUT2D eigenvalue weighted by Crippen LogP contribution is 2.29. The van der Waals surface area contributed by atoms with E-state index in [-0.39, 0.29) is 11.7 Å². The van der Waals surface area contributed by atoms with E-state index >= 15 is 0 Å². The summed E-state index contributed by atoms with van der Waals surface area (Å²) < 4.78 is 13.3. The first-order valence-electron chi connectivity index (χ1n) is 11.0. The number of ketones is 1. The maximum Gasteiger partial charge on any atom is 0.267 e. The third-order valence-corrected chi connectivity index (χ3v) is 6.28. The molecule has 33 heavy (non-hydrogen) atoms. The molecule has 0 atom stereocenters. The van der Waals surface area contributed by atoms with E-state index < -0.39 is 0 Å². The minimum Gasteiger partial charge on any atom is -0.379 e. The van der Waals surface area contributed by atoms with Crippen LogP contribution in [0.2, 0.25) is 0 Å². The molecule has 0 saturated carbocycles. The number of nitrogens with one attached hydrogen (secondary N) is 1. The van der Waals surface area contributed by atoms with Gasteiger partial charge in [0.05, 0.1) is 18.8 Å². The fraction of sp³-hybridized carbons (Fsp3) is 0.375. The lowest BCUT2D eigenvalue weighted by Crippen LogP contribution is -2.38. The average molecular weight is 515 g/mol. The number of carbonyl (C=O) groups excluding carboxylic acids is 2. The Bertz CT molecular complexity index is 1130. The summed E-state index contributed by atoms with van der Waals surface area (Å²) in [5, 5.41) is 7.06. The van der Waals surface area contributed by atoms with Gasteiger partial charge in [-0.3, -0.25) is 14.5 Å². The smallest absolute Gasteiger partial charge is 0.267 e. The van der Waals surface area contributed by atoms with E-state index in [9.17, 15) is 9.59 Å². The van der Waals surface area contributed by atoms with Crippen molar-refractivity contribution in [3.63, 3.8) is 0 Å². The Morgan fingerprint density at radius 3 is 2.64 bits per heavy atom. The molecular formula is C24H27BrN4O4. The second kappa shape index (κ2) is 10.5. The minimum atomic E-state index is -0.228. The summed E-state index contributed by atoms with van der Waals surface area (Å²) in [6, 6.07) is 9.14. The molecule has 0 unspecified atom stereocenters. The molecule has 174 valence electrons. The first kappa shape index (κ1) is 23.4. The van der Waals surface area contributed by atoms with Crippen LogP contribution in [0.5, 0.6) is 0 Å². The summed E-state index contributed by atoms with van der Waals surface area (Å²) in [4.78, 5) is 28.4. The minimum absolute atomic E-state index is 0.200. The van der Waals surface area contributed by atoms with Crippen molar-refractivity contribution in [3.8, 4) is 11.3 Å². The predicted molar refractivity (Wildman–Crippen MR) is 127 cm³/mol. The van der Waals surface area contributed by atoms with Gasteiger partial charge in [-0.15, -0.1) is 0 Å². The lowest BCUT2D eigenvalue weighted by Gasteiger charge is -2.26. The van der Waals surface area contributed by atoms with Crippen molar-refractivity contribution in [1.82, 2.24) is 19.9 Å². The van der Waals surface area contributed by atoms with Crippen LogP contribution in [0.4, 0.5) is 0 Å². The Morgan fingerprint density at radius 1 is 1.18 bits per heavy atom. The highest BCUT2D eigenvalue weighted by Gasteiger charge is 2.25. The summed E-state index contributed by atoms with van der Waals surface area (Å²) in [5.74, 6) is 0.0122. The molecule has 1 N–H and O–H groups in total. The molecule has 1 aliphatic rings. The molecule has 3 aromatic rings. The molecule has 0 bridgehead atoms. The normalized spacial score (nSPS) is 14.4. The lowest BCUT2D eigenvalue weighted by atomic mass is 9.99. The first-order chi connectivity index (χ1) is 15.9. The van der Waals surface area contributed by atoms with Crippen LogP contribution in [-0.4, -0.2) is 65.7 Å². The third-order valence-electron chi connectivity index (χ3n) is 5.75. The predicted octanol–water partition coefficient (Wildman–Crippen LogP) is 3.43. The number of halogens is 1. The molecule has 0 spiro atoms. The molecule has 9 heteroatoms. The highest BCUT2D eigenvalue weighted by molar-refractivity contribution is 9.10. The molecule has 0 radical (unpaired) electrons. The van der Waals surface area contributed by atoms with Gasteiger partial charge in [-0.05, 0) is 38.1 Å². The molecule has 2 aromatic heterocycles. The van der Waals surface area contributed by atoms with E-state index in [1.165, 1.54) is 0 Å². The molecule has 0 aliphatic carbocycles. The van der Waals surface area contributed by atoms with E-state index in [1.54, 1.807) is 30.8 Å². The van der Waals surface area contributed by atoms with E-state index in [0.717, 1.165) is 49.3 Å². The summed E-state index contributed by atoms with van der Waals surface area (Å²) in [6.45, 7) is 6.61. The Hall–Kier alpha value is -2.75. The Morgan fingerprint density at radius 2 is 1.91 bits per heavy atom. The Kier molecular flexibility index (Phi) is 7.42. The van der Waals surface area contributed by atoms with Gasteiger partial charge in [0.25, 0.3) is 5.91 Å². The summed E-state index contributed by atoms with van der Waals surface area (Å²) >= 11 is 3.42. The molecule has 8 nitrogen and oxygen atoms in total. The van der Waals surface area contributed by atoms with Crippen LogP contribution in [0, 0.1) is 6.92 Å². The molecule has 1 saturated heterocycles. The fourth-order valence-electron chi connectivity index (χ4n) is 3.92. The quantitative estimate of drug-likeness (QED) is 0.365. The van der Waals surface area contributed by atoms with Gasteiger partial charge in [0.1, 0.15) is 17.1 Å². The van der Waals surface area contributed by atoms with Gasteiger partial charge in [-0.1, -0.05) is 33.2 Å². The van der Waals surface area contributed by atoms with Gasteiger partial charge in [0, 0.05) is 48.5 Å². The number of aryl methyl sites for hydroxylation is 2. The Labute approximate surface area is 201 Å². The average Bonchev–Trinajstić information content (AvgIpc) is 3.40. The SMILES string of the molecule is Cc1onc(-c2ccc(Br)cc2)c1C(=O)c1cc(C(=O)NCCCN2CCOCC2)n(C)c1. The van der Waals surface area contributed by atoms with Crippen LogP contribution in [0.25, 0.3) is 11.3 Å². The number of rotatable bonds is 8. The number of ether oxygens (including phenoxy) is 1. The number of carbonyl (C=O) groups is 2. The van der Waals surface area contributed by atoms with Crippen molar-refractivity contribution >= 4 is 27.6 Å². The number of hydrogen-bond donors (Lipinski definition) is 1. The van der Waals surface area contributed by atoms with Gasteiger partial charge in [-0.25, -0.2) is 0 Å². The lowest BCUT2D eigenvalue weighted by molar-refractivity contribution is 0.0374. The van der Waals surface area contributed by atoms with Crippen molar-refractivity contribution in [2.24, 2.45) is 7.05 Å². The first-order valence-corrected chi connectivity index (χ1v) is 11.7. The van der Waals surface area contributed by atoms with E-state index in [0.29, 0.717) is 34.8 Å². The summed E-state index contributed by atoms with van der Waals surface area (Å²) in [7, 11) is 1.76. The van der Waals surface area contributed by atoms with E-state index in [4.69, 9.17) is 9.26 Å². The number of benzene rings is 1. The molecule has 1 aromatic carbocycles. The zero-order valence-corrected chi connectivity index (χ0v) is 20.4.